The molecule has 0 aliphatic rings. The summed E-state index contributed by atoms with van der Waals surface area (Å²) < 4.78 is 4.93. The van der Waals surface area contributed by atoms with Gasteiger partial charge in [0.15, 0.2) is 5.82 Å². The maximum atomic E-state index is 5.34. The fourth-order valence-electron chi connectivity index (χ4n) is 0.964. The molecular weight excluding hydrogens is 170 g/mol. The standard InChI is InChI=1S/C7H9N5O/c8-2-1-5-11-7(12-13-5)6-9-3-4-10-6/h3-4H,1-2,8H2,(H,9,10). The summed E-state index contributed by atoms with van der Waals surface area (Å²) in [6.07, 6.45) is 3.93. The van der Waals surface area contributed by atoms with E-state index in [2.05, 4.69) is 20.1 Å². The summed E-state index contributed by atoms with van der Waals surface area (Å²) in [5.41, 5.74) is 5.34. The molecule has 6 heteroatoms. The van der Waals surface area contributed by atoms with E-state index in [-0.39, 0.29) is 0 Å². The smallest absolute Gasteiger partial charge is 0.238 e. The zero-order chi connectivity index (χ0) is 9.10. The second-order valence-corrected chi connectivity index (χ2v) is 2.49. The lowest BCUT2D eigenvalue weighted by atomic mass is 10.4. The van der Waals surface area contributed by atoms with Crippen LogP contribution in [-0.2, 0) is 6.42 Å². The summed E-state index contributed by atoms with van der Waals surface area (Å²) in [6, 6.07) is 0. The van der Waals surface area contributed by atoms with Crippen molar-refractivity contribution in [3.05, 3.63) is 18.3 Å². The molecule has 2 aromatic rings. The number of hydrogen-bond acceptors (Lipinski definition) is 5. The number of H-pyrrole nitrogens is 1. The van der Waals surface area contributed by atoms with Crippen molar-refractivity contribution in [2.24, 2.45) is 5.73 Å². The molecule has 0 atom stereocenters. The normalized spacial score (nSPS) is 10.5. The van der Waals surface area contributed by atoms with Crippen molar-refractivity contribution in [1.29, 1.82) is 0 Å². The molecule has 0 spiro atoms. The van der Waals surface area contributed by atoms with Gasteiger partial charge in [-0.25, -0.2) is 4.98 Å². The van der Waals surface area contributed by atoms with Crippen molar-refractivity contribution in [2.45, 2.75) is 6.42 Å². The highest BCUT2D eigenvalue weighted by Crippen LogP contribution is 2.09. The Morgan fingerprint density at radius 3 is 3.15 bits per heavy atom. The molecule has 0 saturated heterocycles. The SMILES string of the molecule is NCCc1nc(-c2ncc[nH]2)no1. The molecule has 0 aromatic carbocycles. The molecule has 68 valence electrons. The highest BCUT2D eigenvalue weighted by molar-refractivity contribution is 5.40. The molecule has 0 unspecified atom stereocenters. The van der Waals surface area contributed by atoms with Crippen LogP contribution in [0.15, 0.2) is 16.9 Å². The number of nitrogens with two attached hydrogens (primary N) is 1. The zero-order valence-corrected chi connectivity index (χ0v) is 6.90. The average Bonchev–Trinajstić information content (AvgIpc) is 2.70. The molecule has 2 aromatic heterocycles. The number of aromatic amines is 1. The molecule has 2 rings (SSSR count). The highest BCUT2D eigenvalue weighted by Gasteiger charge is 2.08. The van der Waals surface area contributed by atoms with Crippen LogP contribution >= 0.6 is 0 Å². The van der Waals surface area contributed by atoms with Crippen molar-refractivity contribution in [1.82, 2.24) is 20.1 Å². The molecule has 6 nitrogen and oxygen atoms in total. The minimum atomic E-state index is 0.466. The number of hydrogen-bond donors (Lipinski definition) is 2. The Balaban J connectivity index is 2.23. The average molecular weight is 179 g/mol. The van der Waals surface area contributed by atoms with Gasteiger partial charge in [-0.2, -0.15) is 4.98 Å². The fourth-order valence-corrected chi connectivity index (χ4v) is 0.964. The van der Waals surface area contributed by atoms with E-state index in [0.717, 1.165) is 0 Å². The van der Waals surface area contributed by atoms with Crippen molar-refractivity contribution >= 4 is 0 Å². The van der Waals surface area contributed by atoms with Crippen LogP contribution in [0.5, 0.6) is 0 Å². The molecule has 0 fully saturated rings. The summed E-state index contributed by atoms with van der Waals surface area (Å²) in [4.78, 5) is 11.0. The number of imidazole rings is 1. The first-order chi connectivity index (χ1) is 6.40. The van der Waals surface area contributed by atoms with E-state index in [9.17, 15) is 0 Å². The van der Waals surface area contributed by atoms with Crippen molar-refractivity contribution in [3.8, 4) is 11.6 Å². The molecular formula is C7H9N5O. The van der Waals surface area contributed by atoms with Gasteiger partial charge >= 0.3 is 0 Å². The van der Waals surface area contributed by atoms with E-state index in [1.807, 2.05) is 0 Å². The quantitative estimate of drug-likeness (QED) is 0.689. The summed E-state index contributed by atoms with van der Waals surface area (Å²) in [7, 11) is 0. The summed E-state index contributed by atoms with van der Waals surface area (Å²) in [6.45, 7) is 0.500. The van der Waals surface area contributed by atoms with Gasteiger partial charge in [-0.05, 0) is 0 Å². The third kappa shape index (κ3) is 1.57. The topological polar surface area (TPSA) is 93.6 Å². The Kier molecular flexibility index (Phi) is 2.05. The molecule has 0 amide bonds. The third-order valence-electron chi connectivity index (χ3n) is 1.54. The van der Waals surface area contributed by atoms with E-state index in [1.165, 1.54) is 0 Å². The van der Waals surface area contributed by atoms with Crippen LogP contribution < -0.4 is 5.73 Å². The first-order valence-corrected chi connectivity index (χ1v) is 3.92. The maximum Gasteiger partial charge on any atom is 0.238 e. The zero-order valence-electron chi connectivity index (χ0n) is 6.90. The lowest BCUT2D eigenvalue weighted by molar-refractivity contribution is 0.380. The predicted molar refractivity (Wildman–Crippen MR) is 44.6 cm³/mol. The van der Waals surface area contributed by atoms with Crippen molar-refractivity contribution < 1.29 is 4.52 Å². The van der Waals surface area contributed by atoms with Crippen LogP contribution in [-0.4, -0.2) is 26.7 Å². The van der Waals surface area contributed by atoms with Gasteiger partial charge in [0.25, 0.3) is 0 Å². The summed E-state index contributed by atoms with van der Waals surface area (Å²) >= 11 is 0. The van der Waals surface area contributed by atoms with Crippen LogP contribution in [0.25, 0.3) is 11.6 Å². The molecule has 0 aliphatic carbocycles. The maximum absolute atomic E-state index is 5.34. The lowest BCUT2D eigenvalue weighted by Crippen LogP contribution is -2.02. The van der Waals surface area contributed by atoms with Gasteiger partial charge in [-0.3, -0.25) is 0 Å². The molecule has 13 heavy (non-hydrogen) atoms. The molecule has 2 heterocycles. The molecule has 0 radical (unpaired) electrons. The van der Waals surface area contributed by atoms with E-state index < -0.39 is 0 Å². The molecule has 0 bridgehead atoms. The van der Waals surface area contributed by atoms with Crippen LogP contribution in [0.2, 0.25) is 0 Å². The number of rotatable bonds is 3. The minimum absolute atomic E-state index is 0.466. The number of aromatic nitrogens is 4. The largest absolute Gasteiger partial charge is 0.342 e. The molecule has 0 saturated carbocycles. The van der Waals surface area contributed by atoms with Crippen molar-refractivity contribution in [2.75, 3.05) is 6.54 Å². The van der Waals surface area contributed by atoms with E-state index in [4.69, 9.17) is 10.3 Å². The summed E-state index contributed by atoms with van der Waals surface area (Å²) in [5, 5.41) is 3.74. The Hall–Kier alpha value is -1.69. The van der Waals surface area contributed by atoms with Crippen LogP contribution in [0.1, 0.15) is 5.89 Å². The van der Waals surface area contributed by atoms with E-state index >= 15 is 0 Å². The Morgan fingerprint density at radius 2 is 2.46 bits per heavy atom. The fraction of sp³-hybridized carbons (Fsp3) is 0.286. The van der Waals surface area contributed by atoms with Crippen LogP contribution in [0.4, 0.5) is 0 Å². The summed E-state index contributed by atoms with van der Waals surface area (Å²) in [5.74, 6) is 1.61. The molecule has 3 N–H and O–H groups in total. The first kappa shape index (κ1) is 7.93. The highest BCUT2D eigenvalue weighted by atomic mass is 16.5. The van der Waals surface area contributed by atoms with Gasteiger partial charge in [0.2, 0.25) is 11.7 Å². The first-order valence-electron chi connectivity index (χ1n) is 3.92. The monoisotopic (exact) mass is 179 g/mol. The Labute approximate surface area is 74.2 Å². The number of nitrogens with one attached hydrogen (secondary N) is 1. The third-order valence-corrected chi connectivity index (χ3v) is 1.54. The second-order valence-electron chi connectivity index (χ2n) is 2.49. The second kappa shape index (κ2) is 3.36. The van der Waals surface area contributed by atoms with E-state index in [1.54, 1.807) is 12.4 Å². The molecule has 0 aliphatic heterocycles. The van der Waals surface area contributed by atoms with Crippen LogP contribution in [0.3, 0.4) is 0 Å². The van der Waals surface area contributed by atoms with Gasteiger partial charge in [-0.1, -0.05) is 5.16 Å². The van der Waals surface area contributed by atoms with Gasteiger partial charge < -0.3 is 15.2 Å². The predicted octanol–water partition coefficient (Wildman–Crippen LogP) is -0.0391. The lowest BCUT2D eigenvalue weighted by Gasteiger charge is -1.84. The van der Waals surface area contributed by atoms with Crippen LogP contribution in [0, 0.1) is 0 Å². The number of nitrogens with zero attached hydrogens (tertiary/aromatic N) is 3. The van der Waals surface area contributed by atoms with E-state index in [0.29, 0.717) is 30.5 Å². The Bertz CT molecular complexity index is 366. The van der Waals surface area contributed by atoms with Gasteiger partial charge in [-0.15, -0.1) is 0 Å². The van der Waals surface area contributed by atoms with Gasteiger partial charge in [0, 0.05) is 25.4 Å². The minimum Gasteiger partial charge on any atom is -0.342 e. The van der Waals surface area contributed by atoms with Crippen molar-refractivity contribution in [3.63, 3.8) is 0 Å². The van der Waals surface area contributed by atoms with Gasteiger partial charge in [0.05, 0.1) is 0 Å². The Morgan fingerprint density at radius 1 is 1.54 bits per heavy atom. The van der Waals surface area contributed by atoms with Gasteiger partial charge in [0.1, 0.15) is 0 Å².